The Morgan fingerprint density at radius 2 is 1.47 bits per heavy atom. The number of carbonyl (C=O) groups excluding carboxylic acids is 2. The van der Waals surface area contributed by atoms with Crippen LogP contribution in [0.5, 0.6) is 0 Å². The van der Waals surface area contributed by atoms with Crippen LogP contribution in [0.1, 0.15) is 94.9 Å². The van der Waals surface area contributed by atoms with Gasteiger partial charge in [-0.05, 0) is 80.6 Å². The molecular formula is C28H44O4. The highest BCUT2D eigenvalue weighted by molar-refractivity contribution is 6.24. The maximum atomic E-state index is 13.2. The Morgan fingerprint density at radius 3 is 1.88 bits per heavy atom. The molecule has 0 spiro atoms. The minimum atomic E-state index is -1.24. The summed E-state index contributed by atoms with van der Waals surface area (Å²) in [5.41, 5.74) is 2.30. The van der Waals surface area contributed by atoms with Gasteiger partial charge in [0.05, 0.1) is 5.41 Å². The van der Waals surface area contributed by atoms with Crippen molar-refractivity contribution < 1.29 is 19.8 Å². The zero-order valence-electron chi connectivity index (χ0n) is 21.8. The SMILES string of the molecule is CC(C)=CCC1=C(O)[C@@](C)(CC=C(C)C)C(=O)C(C(=O)CCC(C)C)=C1O.CC=C(C)C. The second-order valence-corrected chi connectivity index (χ2v) is 9.90. The number of ketones is 2. The zero-order chi connectivity index (χ0) is 25.2. The van der Waals surface area contributed by atoms with E-state index in [1.165, 1.54) is 5.57 Å². The molecule has 0 fully saturated rings. The highest BCUT2D eigenvalue weighted by atomic mass is 16.3. The third kappa shape index (κ3) is 8.64. The van der Waals surface area contributed by atoms with Gasteiger partial charge in [-0.15, -0.1) is 0 Å². The normalized spacial score (nSPS) is 18.2. The summed E-state index contributed by atoms with van der Waals surface area (Å²) >= 11 is 0. The van der Waals surface area contributed by atoms with Crippen molar-refractivity contribution in [3.63, 3.8) is 0 Å². The number of allylic oxidation sites excluding steroid dienone is 9. The fourth-order valence-corrected chi connectivity index (χ4v) is 2.99. The van der Waals surface area contributed by atoms with Gasteiger partial charge in [0.15, 0.2) is 11.6 Å². The topological polar surface area (TPSA) is 74.6 Å². The Balaban J connectivity index is 0.00000172. The smallest absolute Gasteiger partial charge is 0.183 e. The van der Waals surface area contributed by atoms with Gasteiger partial charge in [-0.2, -0.15) is 0 Å². The molecule has 4 nitrogen and oxygen atoms in total. The Kier molecular flexibility index (Phi) is 12.3. The lowest BCUT2D eigenvalue weighted by Crippen LogP contribution is -2.38. The van der Waals surface area contributed by atoms with Crippen molar-refractivity contribution in [3.05, 3.63) is 57.6 Å². The summed E-state index contributed by atoms with van der Waals surface area (Å²) in [6, 6.07) is 0. The molecule has 32 heavy (non-hydrogen) atoms. The zero-order valence-corrected chi connectivity index (χ0v) is 21.8. The third-order valence-electron chi connectivity index (χ3n) is 5.50. The molecule has 0 aromatic heterocycles. The number of hydrogen-bond donors (Lipinski definition) is 2. The van der Waals surface area contributed by atoms with Crippen molar-refractivity contribution in [1.29, 1.82) is 0 Å². The lowest BCUT2D eigenvalue weighted by molar-refractivity contribution is -0.127. The van der Waals surface area contributed by atoms with Crippen LogP contribution < -0.4 is 0 Å². The highest BCUT2D eigenvalue weighted by Gasteiger charge is 2.47. The molecule has 0 saturated heterocycles. The van der Waals surface area contributed by atoms with Crippen LogP contribution in [0.4, 0.5) is 0 Å². The van der Waals surface area contributed by atoms with E-state index in [2.05, 4.69) is 19.9 Å². The Hall–Kier alpha value is -2.36. The predicted molar refractivity (Wildman–Crippen MR) is 135 cm³/mol. The summed E-state index contributed by atoms with van der Waals surface area (Å²) in [5, 5.41) is 21.6. The summed E-state index contributed by atoms with van der Waals surface area (Å²) in [5.74, 6) is -1.03. The van der Waals surface area contributed by atoms with E-state index >= 15 is 0 Å². The standard InChI is InChI=1S/C23H34O4.C5H10/c1-14(2)8-10-17-20(25)19(18(24)11-9-15(3)4)22(27)23(7,21(17)26)13-12-16(5)6;1-4-5(2)3/h8,12,15,25-26H,9-11,13H2,1-7H3;4H,1-3H3/t23-;/m1./s1. The van der Waals surface area contributed by atoms with Gasteiger partial charge >= 0.3 is 0 Å². The molecule has 0 aromatic rings. The third-order valence-corrected chi connectivity index (χ3v) is 5.50. The van der Waals surface area contributed by atoms with Gasteiger partial charge in [0.25, 0.3) is 0 Å². The van der Waals surface area contributed by atoms with E-state index in [1.54, 1.807) is 6.92 Å². The first-order valence-electron chi connectivity index (χ1n) is 11.5. The van der Waals surface area contributed by atoms with Crippen LogP contribution in [-0.2, 0) is 9.59 Å². The van der Waals surface area contributed by atoms with E-state index < -0.39 is 11.2 Å². The number of aliphatic hydroxyl groups is 2. The molecule has 0 saturated carbocycles. The summed E-state index contributed by atoms with van der Waals surface area (Å²) in [6.45, 7) is 19.5. The second kappa shape index (κ2) is 13.2. The van der Waals surface area contributed by atoms with Gasteiger partial charge in [0.1, 0.15) is 17.1 Å². The van der Waals surface area contributed by atoms with Gasteiger partial charge < -0.3 is 10.2 Å². The van der Waals surface area contributed by atoms with Crippen LogP contribution in [0, 0.1) is 11.3 Å². The average Bonchev–Trinajstić information content (AvgIpc) is 2.69. The second-order valence-electron chi connectivity index (χ2n) is 9.90. The van der Waals surface area contributed by atoms with E-state index in [1.807, 2.05) is 60.6 Å². The first kappa shape index (κ1) is 29.6. The van der Waals surface area contributed by atoms with Gasteiger partial charge in [-0.25, -0.2) is 0 Å². The molecule has 180 valence electrons. The molecule has 1 aliphatic carbocycles. The lowest BCUT2D eigenvalue weighted by atomic mass is 9.70. The van der Waals surface area contributed by atoms with Crippen molar-refractivity contribution in [1.82, 2.24) is 0 Å². The number of hydrogen-bond acceptors (Lipinski definition) is 4. The fourth-order valence-electron chi connectivity index (χ4n) is 2.99. The van der Waals surface area contributed by atoms with E-state index in [4.69, 9.17) is 0 Å². The first-order chi connectivity index (χ1) is 14.7. The van der Waals surface area contributed by atoms with Crippen LogP contribution in [0.15, 0.2) is 57.6 Å². The molecule has 1 rings (SSSR count). The molecule has 0 amide bonds. The van der Waals surface area contributed by atoms with E-state index in [0.717, 1.165) is 11.1 Å². The van der Waals surface area contributed by atoms with Crippen LogP contribution in [0.25, 0.3) is 0 Å². The number of carbonyl (C=O) groups is 2. The van der Waals surface area contributed by atoms with Crippen LogP contribution >= 0.6 is 0 Å². The molecule has 0 aromatic carbocycles. The molecule has 0 radical (unpaired) electrons. The van der Waals surface area contributed by atoms with Crippen LogP contribution in [0.2, 0.25) is 0 Å². The Labute approximate surface area is 195 Å². The monoisotopic (exact) mass is 444 g/mol. The minimum absolute atomic E-state index is 0.139. The van der Waals surface area contributed by atoms with Crippen molar-refractivity contribution >= 4 is 11.6 Å². The fraction of sp³-hybridized carbons (Fsp3) is 0.571. The molecular weight excluding hydrogens is 400 g/mol. The molecule has 1 aliphatic rings. The molecule has 2 N–H and O–H groups in total. The Morgan fingerprint density at radius 1 is 0.969 bits per heavy atom. The molecule has 0 heterocycles. The predicted octanol–water partition coefficient (Wildman–Crippen LogP) is 7.89. The van der Waals surface area contributed by atoms with Gasteiger partial charge in [0.2, 0.25) is 0 Å². The van der Waals surface area contributed by atoms with Crippen LogP contribution in [0.3, 0.4) is 0 Å². The van der Waals surface area contributed by atoms with Crippen molar-refractivity contribution in [3.8, 4) is 0 Å². The summed E-state index contributed by atoms with van der Waals surface area (Å²) in [6.07, 6.45) is 7.25. The van der Waals surface area contributed by atoms with E-state index in [9.17, 15) is 19.8 Å². The maximum absolute atomic E-state index is 13.2. The summed E-state index contributed by atoms with van der Waals surface area (Å²) < 4.78 is 0. The Bertz CT molecular complexity index is 835. The van der Waals surface area contributed by atoms with Crippen molar-refractivity contribution in [2.75, 3.05) is 0 Å². The first-order valence-corrected chi connectivity index (χ1v) is 11.5. The van der Waals surface area contributed by atoms with Crippen molar-refractivity contribution in [2.45, 2.75) is 94.9 Å². The van der Waals surface area contributed by atoms with Gasteiger partial charge in [-0.1, -0.05) is 48.8 Å². The molecule has 0 bridgehead atoms. The molecule has 4 heteroatoms. The number of rotatable bonds is 8. The average molecular weight is 445 g/mol. The van der Waals surface area contributed by atoms with Crippen molar-refractivity contribution in [2.24, 2.45) is 11.3 Å². The van der Waals surface area contributed by atoms with Crippen LogP contribution in [-0.4, -0.2) is 21.8 Å². The highest BCUT2D eigenvalue weighted by Crippen LogP contribution is 2.43. The number of Topliss-reactive ketones (excluding diaryl/α,β-unsaturated/α-hetero) is 2. The summed E-state index contributed by atoms with van der Waals surface area (Å²) in [7, 11) is 0. The lowest BCUT2D eigenvalue weighted by Gasteiger charge is -2.33. The minimum Gasteiger partial charge on any atom is -0.511 e. The van der Waals surface area contributed by atoms with Gasteiger partial charge in [-0.3, -0.25) is 9.59 Å². The van der Waals surface area contributed by atoms with E-state index in [0.29, 0.717) is 12.3 Å². The molecule has 0 aliphatic heterocycles. The molecule has 0 unspecified atom stereocenters. The van der Waals surface area contributed by atoms with Gasteiger partial charge in [0, 0.05) is 12.0 Å². The largest absolute Gasteiger partial charge is 0.511 e. The number of aliphatic hydroxyl groups excluding tert-OH is 2. The maximum Gasteiger partial charge on any atom is 0.183 e. The summed E-state index contributed by atoms with van der Waals surface area (Å²) in [4.78, 5) is 25.9. The quantitative estimate of drug-likeness (QED) is 0.295. The molecule has 1 atom stereocenters. The van der Waals surface area contributed by atoms with E-state index in [-0.39, 0.29) is 47.7 Å².